The fourth-order valence-electron chi connectivity index (χ4n) is 3.38. The fraction of sp³-hybridized carbons (Fsp3) is 0.400. The number of hydrogen-bond acceptors (Lipinski definition) is 3. The van der Waals surface area contributed by atoms with Gasteiger partial charge in [0.2, 0.25) is 0 Å². The van der Waals surface area contributed by atoms with E-state index in [1.165, 1.54) is 0 Å². The van der Waals surface area contributed by atoms with Crippen LogP contribution in [-0.4, -0.2) is 42.7 Å². The Morgan fingerprint density at radius 2 is 1.39 bits per heavy atom. The summed E-state index contributed by atoms with van der Waals surface area (Å²) >= 11 is 0. The second-order valence-corrected chi connectivity index (χ2v) is 6.29. The van der Waals surface area contributed by atoms with E-state index in [0.29, 0.717) is 0 Å². The molecular formula is C20H26N2O. The van der Waals surface area contributed by atoms with Crippen LogP contribution in [-0.2, 0) is 5.60 Å². The van der Waals surface area contributed by atoms with Crippen LogP contribution in [0.1, 0.15) is 24.0 Å². The third-order valence-electron chi connectivity index (χ3n) is 4.73. The molecule has 0 spiro atoms. The van der Waals surface area contributed by atoms with Gasteiger partial charge in [0, 0.05) is 26.2 Å². The number of nitrogens with one attached hydrogen (secondary N) is 1. The number of rotatable bonds is 6. The Labute approximate surface area is 139 Å². The average molecular weight is 310 g/mol. The molecule has 0 aromatic heterocycles. The first-order valence-electron chi connectivity index (χ1n) is 8.55. The Morgan fingerprint density at radius 1 is 0.870 bits per heavy atom. The van der Waals surface area contributed by atoms with Crippen molar-refractivity contribution in [1.82, 2.24) is 10.2 Å². The van der Waals surface area contributed by atoms with Crippen LogP contribution in [0.4, 0.5) is 0 Å². The largest absolute Gasteiger partial charge is 0.380 e. The highest BCUT2D eigenvalue weighted by Crippen LogP contribution is 2.34. The van der Waals surface area contributed by atoms with Gasteiger partial charge in [-0.05, 0) is 30.5 Å². The number of benzene rings is 2. The second kappa shape index (κ2) is 7.73. The lowest BCUT2D eigenvalue weighted by atomic mass is 9.82. The Balaban J connectivity index is 1.73. The first-order valence-corrected chi connectivity index (χ1v) is 8.55. The van der Waals surface area contributed by atoms with Crippen molar-refractivity contribution in [1.29, 1.82) is 0 Å². The summed E-state index contributed by atoms with van der Waals surface area (Å²) in [5.41, 5.74) is 1.05. The van der Waals surface area contributed by atoms with Crippen molar-refractivity contribution < 1.29 is 5.11 Å². The van der Waals surface area contributed by atoms with Crippen LogP contribution in [0.5, 0.6) is 0 Å². The molecule has 1 saturated heterocycles. The highest BCUT2D eigenvalue weighted by Gasteiger charge is 2.30. The number of aliphatic hydroxyl groups is 1. The summed E-state index contributed by atoms with van der Waals surface area (Å²) in [5.74, 6) is 0. The van der Waals surface area contributed by atoms with Crippen molar-refractivity contribution in [2.24, 2.45) is 0 Å². The zero-order valence-electron chi connectivity index (χ0n) is 13.6. The molecule has 3 heteroatoms. The minimum absolute atomic E-state index is 0.741. The molecule has 3 rings (SSSR count). The smallest absolute Gasteiger partial charge is 0.115 e. The van der Waals surface area contributed by atoms with E-state index in [1.54, 1.807) is 0 Å². The molecule has 0 atom stereocenters. The number of nitrogens with zero attached hydrogens (tertiary/aromatic N) is 1. The summed E-state index contributed by atoms with van der Waals surface area (Å²) in [6, 6.07) is 20.1. The van der Waals surface area contributed by atoms with Crippen molar-refractivity contribution in [2.45, 2.75) is 18.4 Å². The molecule has 0 aliphatic carbocycles. The van der Waals surface area contributed by atoms with Crippen molar-refractivity contribution >= 4 is 0 Å². The molecule has 0 saturated carbocycles. The summed E-state index contributed by atoms with van der Waals surface area (Å²) in [4.78, 5) is 2.48. The van der Waals surface area contributed by atoms with Gasteiger partial charge >= 0.3 is 0 Å². The molecule has 0 bridgehead atoms. The topological polar surface area (TPSA) is 35.5 Å². The summed E-state index contributed by atoms with van der Waals surface area (Å²) in [6.07, 6.45) is 1.73. The van der Waals surface area contributed by atoms with E-state index in [1.807, 2.05) is 60.7 Å². The molecule has 3 nitrogen and oxygen atoms in total. The monoisotopic (exact) mass is 310 g/mol. The lowest BCUT2D eigenvalue weighted by Crippen LogP contribution is -2.44. The van der Waals surface area contributed by atoms with Crippen LogP contribution in [0.2, 0.25) is 0 Å². The van der Waals surface area contributed by atoms with Crippen molar-refractivity contribution in [3.63, 3.8) is 0 Å². The predicted molar refractivity (Wildman–Crippen MR) is 94.4 cm³/mol. The van der Waals surface area contributed by atoms with E-state index >= 15 is 0 Å². The SMILES string of the molecule is OC(CCCN1CCNCC1)(c1ccccc1)c1ccccc1. The maximum Gasteiger partial charge on any atom is 0.115 e. The zero-order chi connectivity index (χ0) is 16.0. The Morgan fingerprint density at radius 3 is 1.91 bits per heavy atom. The standard InChI is InChI=1S/C20H26N2O/c23-20(18-8-3-1-4-9-18,19-10-5-2-6-11-19)12-7-15-22-16-13-21-14-17-22/h1-6,8-11,21,23H,7,12-17H2. The van der Waals surface area contributed by atoms with E-state index in [-0.39, 0.29) is 0 Å². The Hall–Kier alpha value is -1.68. The third kappa shape index (κ3) is 3.99. The maximum absolute atomic E-state index is 11.5. The molecule has 2 aromatic rings. The minimum atomic E-state index is -0.906. The summed E-state index contributed by atoms with van der Waals surface area (Å²) in [7, 11) is 0. The van der Waals surface area contributed by atoms with Gasteiger partial charge in [0.1, 0.15) is 5.60 Å². The molecule has 0 amide bonds. The van der Waals surface area contributed by atoms with Gasteiger partial charge in [-0.1, -0.05) is 60.7 Å². The molecule has 2 aromatic carbocycles. The lowest BCUT2D eigenvalue weighted by molar-refractivity contribution is 0.0642. The van der Waals surface area contributed by atoms with Crippen LogP contribution < -0.4 is 5.32 Å². The molecule has 0 radical (unpaired) electrons. The highest BCUT2D eigenvalue weighted by atomic mass is 16.3. The molecule has 1 fully saturated rings. The first kappa shape index (κ1) is 16.2. The Bertz CT molecular complexity index is 540. The van der Waals surface area contributed by atoms with Crippen LogP contribution in [0, 0.1) is 0 Å². The molecule has 0 unspecified atom stereocenters. The molecule has 122 valence electrons. The van der Waals surface area contributed by atoms with Crippen LogP contribution in [0.3, 0.4) is 0 Å². The molecule has 1 heterocycles. The zero-order valence-corrected chi connectivity index (χ0v) is 13.6. The van der Waals surface area contributed by atoms with Gasteiger partial charge in [0.05, 0.1) is 0 Å². The van der Waals surface area contributed by atoms with E-state index in [0.717, 1.165) is 56.7 Å². The van der Waals surface area contributed by atoms with Gasteiger partial charge in [-0.3, -0.25) is 0 Å². The quantitative estimate of drug-likeness (QED) is 0.861. The fourth-order valence-corrected chi connectivity index (χ4v) is 3.38. The van der Waals surface area contributed by atoms with Crippen molar-refractivity contribution in [2.75, 3.05) is 32.7 Å². The van der Waals surface area contributed by atoms with E-state index in [9.17, 15) is 5.11 Å². The first-order chi connectivity index (χ1) is 11.3. The van der Waals surface area contributed by atoms with Gasteiger partial charge in [0.25, 0.3) is 0 Å². The van der Waals surface area contributed by atoms with Crippen LogP contribution >= 0.6 is 0 Å². The molecular weight excluding hydrogens is 284 g/mol. The van der Waals surface area contributed by atoms with Crippen molar-refractivity contribution in [3.8, 4) is 0 Å². The lowest BCUT2D eigenvalue weighted by Gasteiger charge is -2.32. The van der Waals surface area contributed by atoms with E-state index < -0.39 is 5.60 Å². The molecule has 1 aliphatic heterocycles. The van der Waals surface area contributed by atoms with Gasteiger partial charge in [0.15, 0.2) is 0 Å². The van der Waals surface area contributed by atoms with Crippen molar-refractivity contribution in [3.05, 3.63) is 71.8 Å². The summed E-state index contributed by atoms with van der Waals surface area (Å²) in [6.45, 7) is 5.40. The highest BCUT2D eigenvalue weighted by molar-refractivity contribution is 5.35. The summed E-state index contributed by atoms with van der Waals surface area (Å²) < 4.78 is 0. The second-order valence-electron chi connectivity index (χ2n) is 6.29. The minimum Gasteiger partial charge on any atom is -0.380 e. The number of hydrogen-bond donors (Lipinski definition) is 2. The average Bonchev–Trinajstić information content (AvgIpc) is 2.64. The number of piperazine rings is 1. The van der Waals surface area contributed by atoms with Gasteiger partial charge < -0.3 is 15.3 Å². The van der Waals surface area contributed by atoms with E-state index in [4.69, 9.17) is 0 Å². The third-order valence-corrected chi connectivity index (χ3v) is 4.73. The molecule has 2 N–H and O–H groups in total. The van der Waals surface area contributed by atoms with Crippen LogP contribution in [0.25, 0.3) is 0 Å². The predicted octanol–water partition coefficient (Wildman–Crippen LogP) is 2.61. The van der Waals surface area contributed by atoms with Gasteiger partial charge in [-0.2, -0.15) is 0 Å². The maximum atomic E-state index is 11.5. The summed E-state index contributed by atoms with van der Waals surface area (Å²) in [5, 5.41) is 14.8. The molecule has 1 aliphatic rings. The van der Waals surface area contributed by atoms with E-state index in [2.05, 4.69) is 10.2 Å². The Kier molecular flexibility index (Phi) is 5.44. The normalized spacial score (nSPS) is 16.4. The van der Waals surface area contributed by atoms with Gasteiger partial charge in [-0.25, -0.2) is 0 Å². The van der Waals surface area contributed by atoms with Crippen LogP contribution in [0.15, 0.2) is 60.7 Å². The van der Waals surface area contributed by atoms with Gasteiger partial charge in [-0.15, -0.1) is 0 Å². The molecule has 23 heavy (non-hydrogen) atoms.